The van der Waals surface area contributed by atoms with E-state index in [1.807, 2.05) is 36.2 Å². The largest absolute Gasteiger partial charge is 0.497 e. The van der Waals surface area contributed by atoms with Crippen LogP contribution in [0.3, 0.4) is 0 Å². The second kappa shape index (κ2) is 12.7. The third kappa shape index (κ3) is 6.73. The van der Waals surface area contributed by atoms with Gasteiger partial charge in [0.05, 0.1) is 7.11 Å². The van der Waals surface area contributed by atoms with Gasteiger partial charge in [0.1, 0.15) is 11.4 Å². The Hall–Kier alpha value is -3.18. The molecule has 2 atom stereocenters. The number of aromatic nitrogens is 1. The van der Waals surface area contributed by atoms with E-state index in [1.54, 1.807) is 19.4 Å². The molecular formula is C31H39N3O2. The lowest BCUT2D eigenvalue weighted by Crippen LogP contribution is -2.47. The smallest absolute Gasteiger partial charge is 0.272 e. The van der Waals surface area contributed by atoms with Crippen molar-refractivity contribution >= 4 is 5.91 Å². The Balaban J connectivity index is 1.41. The van der Waals surface area contributed by atoms with Crippen molar-refractivity contribution in [1.82, 2.24) is 14.8 Å². The molecule has 5 heteroatoms. The van der Waals surface area contributed by atoms with Crippen LogP contribution in [-0.2, 0) is 6.42 Å². The molecule has 2 aromatic carbocycles. The average Bonchev–Trinajstić information content (AvgIpc) is 2.95. The fraction of sp³-hybridized carbons (Fsp3) is 0.419. The number of hydrogen-bond acceptors (Lipinski definition) is 4. The number of benzene rings is 2. The van der Waals surface area contributed by atoms with E-state index >= 15 is 0 Å². The van der Waals surface area contributed by atoms with E-state index < -0.39 is 0 Å². The molecule has 0 bridgehead atoms. The molecule has 1 fully saturated rings. The SMILES string of the molecule is COc1cccc(C[C@@H](C2CCN(CC[C@H](C)c3ccccc3)CC2)N(C)C(=O)c2ccccn2)c1. The fourth-order valence-corrected chi connectivity index (χ4v) is 5.37. The Morgan fingerprint density at radius 3 is 2.50 bits per heavy atom. The zero-order valence-electron chi connectivity index (χ0n) is 21.8. The number of pyridine rings is 1. The van der Waals surface area contributed by atoms with Gasteiger partial charge in [0.25, 0.3) is 5.91 Å². The summed E-state index contributed by atoms with van der Waals surface area (Å²) in [5.41, 5.74) is 3.11. The molecule has 5 nitrogen and oxygen atoms in total. The first kappa shape index (κ1) is 25.9. The fourth-order valence-electron chi connectivity index (χ4n) is 5.37. The van der Waals surface area contributed by atoms with Gasteiger partial charge in [-0.05, 0) is 92.5 Å². The van der Waals surface area contributed by atoms with Crippen LogP contribution < -0.4 is 4.74 Å². The van der Waals surface area contributed by atoms with E-state index in [9.17, 15) is 4.79 Å². The molecule has 0 aliphatic carbocycles. The van der Waals surface area contributed by atoms with E-state index in [4.69, 9.17) is 4.74 Å². The number of methoxy groups -OCH3 is 1. The van der Waals surface area contributed by atoms with E-state index in [0.717, 1.165) is 44.6 Å². The zero-order chi connectivity index (χ0) is 25.3. The number of carbonyl (C=O) groups excluding carboxylic acids is 1. The summed E-state index contributed by atoms with van der Waals surface area (Å²) in [6, 6.07) is 24.7. The molecule has 190 valence electrons. The van der Waals surface area contributed by atoms with Gasteiger partial charge in [0.15, 0.2) is 0 Å². The van der Waals surface area contributed by atoms with Crippen LogP contribution in [-0.4, -0.2) is 60.5 Å². The van der Waals surface area contributed by atoms with Crippen LogP contribution in [0.1, 0.15) is 53.7 Å². The maximum Gasteiger partial charge on any atom is 0.272 e. The average molecular weight is 486 g/mol. The molecular weight excluding hydrogens is 446 g/mol. The van der Waals surface area contributed by atoms with Gasteiger partial charge in [0, 0.05) is 19.3 Å². The molecule has 1 aromatic heterocycles. The number of rotatable bonds is 10. The summed E-state index contributed by atoms with van der Waals surface area (Å²) in [4.78, 5) is 22.2. The second-order valence-corrected chi connectivity index (χ2v) is 10.0. The van der Waals surface area contributed by atoms with Crippen LogP contribution >= 0.6 is 0 Å². The van der Waals surface area contributed by atoms with Gasteiger partial charge in [-0.3, -0.25) is 9.78 Å². The maximum absolute atomic E-state index is 13.3. The molecule has 1 saturated heterocycles. The van der Waals surface area contributed by atoms with Crippen LogP contribution in [0.2, 0.25) is 0 Å². The molecule has 1 amide bonds. The standard InChI is InChI=1S/C31H39N3O2/c1-24(26-11-5-4-6-12-26)15-19-34-20-16-27(17-21-34)30(23-25-10-9-13-28(22-25)36-3)33(2)31(35)29-14-7-8-18-32-29/h4-14,18,22,24,27,30H,15-17,19-21,23H2,1-3H3/t24-,30-/m0/s1. The van der Waals surface area contributed by atoms with Gasteiger partial charge in [-0.2, -0.15) is 0 Å². The number of carbonyl (C=O) groups is 1. The van der Waals surface area contributed by atoms with Crippen molar-refractivity contribution in [3.63, 3.8) is 0 Å². The minimum absolute atomic E-state index is 0.0115. The Morgan fingerprint density at radius 2 is 1.81 bits per heavy atom. The highest BCUT2D eigenvalue weighted by atomic mass is 16.5. The Bertz CT molecular complexity index is 1080. The van der Waals surface area contributed by atoms with Crippen LogP contribution in [0.4, 0.5) is 0 Å². The van der Waals surface area contributed by atoms with Gasteiger partial charge >= 0.3 is 0 Å². The highest BCUT2D eigenvalue weighted by Gasteiger charge is 2.32. The number of ether oxygens (including phenoxy) is 1. The topological polar surface area (TPSA) is 45.7 Å². The minimum atomic E-state index is -0.0115. The van der Waals surface area contributed by atoms with Crippen molar-refractivity contribution < 1.29 is 9.53 Å². The van der Waals surface area contributed by atoms with Crippen molar-refractivity contribution in [2.45, 2.75) is 44.6 Å². The lowest BCUT2D eigenvalue weighted by Gasteiger charge is -2.40. The predicted octanol–water partition coefficient (Wildman–Crippen LogP) is 5.68. The number of likely N-dealkylation sites (N-methyl/N-ethyl adjacent to an activating group) is 1. The number of hydrogen-bond donors (Lipinski definition) is 0. The third-order valence-corrected chi connectivity index (χ3v) is 7.70. The van der Waals surface area contributed by atoms with E-state index in [0.29, 0.717) is 17.5 Å². The number of likely N-dealkylation sites (tertiary alicyclic amines) is 1. The number of amides is 1. The van der Waals surface area contributed by atoms with Crippen molar-refractivity contribution in [3.8, 4) is 5.75 Å². The molecule has 0 saturated carbocycles. The van der Waals surface area contributed by atoms with E-state index in [1.165, 1.54) is 17.5 Å². The molecule has 3 aromatic rings. The van der Waals surface area contributed by atoms with Gasteiger partial charge < -0.3 is 14.5 Å². The predicted molar refractivity (Wildman–Crippen MR) is 145 cm³/mol. The van der Waals surface area contributed by atoms with Gasteiger partial charge in [-0.1, -0.05) is 55.5 Å². The van der Waals surface area contributed by atoms with E-state index in [2.05, 4.69) is 59.3 Å². The molecule has 4 rings (SSSR count). The summed E-state index contributed by atoms with van der Waals surface area (Å²) >= 11 is 0. The van der Waals surface area contributed by atoms with Crippen molar-refractivity contribution in [3.05, 3.63) is 95.8 Å². The Labute approximate surface area is 216 Å². The van der Waals surface area contributed by atoms with Gasteiger partial charge in [0.2, 0.25) is 0 Å². The summed E-state index contributed by atoms with van der Waals surface area (Å²) < 4.78 is 5.45. The first-order valence-electron chi connectivity index (χ1n) is 13.1. The quantitative estimate of drug-likeness (QED) is 0.371. The second-order valence-electron chi connectivity index (χ2n) is 10.0. The number of piperidine rings is 1. The Morgan fingerprint density at radius 1 is 1.06 bits per heavy atom. The lowest BCUT2D eigenvalue weighted by molar-refractivity contribution is 0.0583. The molecule has 2 heterocycles. The van der Waals surface area contributed by atoms with Crippen molar-refractivity contribution in [2.75, 3.05) is 33.8 Å². The third-order valence-electron chi connectivity index (χ3n) is 7.70. The zero-order valence-corrected chi connectivity index (χ0v) is 21.8. The van der Waals surface area contributed by atoms with Crippen LogP contribution in [0.15, 0.2) is 79.0 Å². The van der Waals surface area contributed by atoms with Crippen molar-refractivity contribution in [1.29, 1.82) is 0 Å². The monoisotopic (exact) mass is 485 g/mol. The molecule has 0 unspecified atom stereocenters. The highest BCUT2D eigenvalue weighted by Crippen LogP contribution is 2.29. The number of nitrogens with zero attached hydrogens (tertiary/aromatic N) is 3. The molecule has 1 aliphatic rings. The van der Waals surface area contributed by atoms with Gasteiger partial charge in [-0.25, -0.2) is 0 Å². The van der Waals surface area contributed by atoms with Crippen LogP contribution in [0.25, 0.3) is 0 Å². The highest BCUT2D eigenvalue weighted by molar-refractivity contribution is 5.92. The van der Waals surface area contributed by atoms with E-state index in [-0.39, 0.29) is 11.9 Å². The molecule has 0 spiro atoms. The molecule has 0 N–H and O–H groups in total. The maximum atomic E-state index is 13.3. The first-order chi connectivity index (χ1) is 17.5. The summed E-state index contributed by atoms with van der Waals surface area (Å²) in [7, 11) is 3.64. The normalized spacial score (nSPS) is 16.3. The van der Waals surface area contributed by atoms with Crippen LogP contribution in [0.5, 0.6) is 5.75 Å². The molecule has 0 radical (unpaired) electrons. The van der Waals surface area contributed by atoms with Gasteiger partial charge in [-0.15, -0.1) is 0 Å². The van der Waals surface area contributed by atoms with Crippen LogP contribution in [0, 0.1) is 5.92 Å². The molecule has 36 heavy (non-hydrogen) atoms. The summed E-state index contributed by atoms with van der Waals surface area (Å²) in [5.74, 6) is 1.85. The minimum Gasteiger partial charge on any atom is -0.497 e. The Kier molecular flexibility index (Phi) is 9.12. The first-order valence-corrected chi connectivity index (χ1v) is 13.1. The van der Waals surface area contributed by atoms with Crippen molar-refractivity contribution in [2.24, 2.45) is 5.92 Å². The molecule has 1 aliphatic heterocycles. The lowest BCUT2D eigenvalue weighted by atomic mass is 9.84. The summed E-state index contributed by atoms with van der Waals surface area (Å²) in [6.07, 6.45) is 5.84. The summed E-state index contributed by atoms with van der Waals surface area (Å²) in [5, 5.41) is 0. The summed E-state index contributed by atoms with van der Waals surface area (Å²) in [6.45, 7) is 5.59.